The highest BCUT2D eigenvalue weighted by Crippen LogP contribution is 2.30. The highest BCUT2D eigenvalue weighted by Gasteiger charge is 2.37. The van der Waals surface area contributed by atoms with Gasteiger partial charge in [-0.3, -0.25) is 0 Å². The molecule has 102 valence electrons. The first-order valence-electron chi connectivity index (χ1n) is 6.72. The standard InChI is InChI=1S/C15H22N4/c1-14(2)8-12(9-15(3,4)19-14)18-13-11(10-16)6-5-7-17-13/h5-7,12,19H,8-9H2,1-4H3,(H,17,18). The molecule has 0 aliphatic carbocycles. The van der Waals surface area contributed by atoms with Crippen molar-refractivity contribution in [3.63, 3.8) is 0 Å². The number of pyridine rings is 1. The maximum atomic E-state index is 9.11. The third kappa shape index (κ3) is 3.45. The van der Waals surface area contributed by atoms with Gasteiger partial charge in [0.05, 0.1) is 5.56 Å². The number of nitrogens with one attached hydrogen (secondary N) is 2. The summed E-state index contributed by atoms with van der Waals surface area (Å²) in [5, 5.41) is 16.2. The van der Waals surface area contributed by atoms with Crippen molar-refractivity contribution >= 4 is 5.82 Å². The average Bonchev–Trinajstić information content (AvgIpc) is 2.25. The maximum absolute atomic E-state index is 9.11. The molecule has 1 fully saturated rings. The van der Waals surface area contributed by atoms with Crippen molar-refractivity contribution in [2.75, 3.05) is 5.32 Å². The van der Waals surface area contributed by atoms with E-state index in [1.54, 1.807) is 18.3 Å². The molecule has 0 amide bonds. The Morgan fingerprint density at radius 3 is 2.53 bits per heavy atom. The van der Waals surface area contributed by atoms with E-state index < -0.39 is 0 Å². The van der Waals surface area contributed by atoms with Gasteiger partial charge in [0.2, 0.25) is 0 Å². The molecule has 0 radical (unpaired) electrons. The molecule has 2 rings (SSSR count). The number of nitriles is 1. The Balaban J connectivity index is 2.17. The summed E-state index contributed by atoms with van der Waals surface area (Å²) in [5.74, 6) is 0.698. The zero-order valence-electron chi connectivity index (χ0n) is 12.1. The Labute approximate surface area is 115 Å². The van der Waals surface area contributed by atoms with Crippen molar-refractivity contribution < 1.29 is 0 Å². The van der Waals surface area contributed by atoms with Gasteiger partial charge < -0.3 is 10.6 Å². The van der Waals surface area contributed by atoms with Crippen LogP contribution >= 0.6 is 0 Å². The van der Waals surface area contributed by atoms with E-state index in [9.17, 15) is 0 Å². The Bertz CT molecular complexity index is 483. The maximum Gasteiger partial charge on any atom is 0.144 e. The largest absolute Gasteiger partial charge is 0.366 e. The number of hydrogen-bond acceptors (Lipinski definition) is 4. The quantitative estimate of drug-likeness (QED) is 0.856. The fourth-order valence-electron chi connectivity index (χ4n) is 3.23. The van der Waals surface area contributed by atoms with E-state index >= 15 is 0 Å². The molecule has 1 aliphatic rings. The molecule has 0 spiro atoms. The van der Waals surface area contributed by atoms with Crippen LogP contribution in [0.5, 0.6) is 0 Å². The molecule has 0 aromatic carbocycles. The number of piperidine rings is 1. The van der Waals surface area contributed by atoms with Gasteiger partial charge in [0.25, 0.3) is 0 Å². The number of aromatic nitrogens is 1. The molecule has 0 saturated carbocycles. The van der Waals surface area contributed by atoms with Crippen molar-refractivity contribution in [3.8, 4) is 6.07 Å². The van der Waals surface area contributed by atoms with Crippen molar-refractivity contribution in [1.29, 1.82) is 5.26 Å². The highest BCUT2D eigenvalue weighted by atomic mass is 15.1. The van der Waals surface area contributed by atoms with Crippen LogP contribution in [0.4, 0.5) is 5.82 Å². The molecule has 2 heterocycles. The normalized spacial score (nSPS) is 21.6. The molecule has 0 bridgehead atoms. The van der Waals surface area contributed by atoms with E-state index in [4.69, 9.17) is 5.26 Å². The van der Waals surface area contributed by atoms with E-state index in [2.05, 4.69) is 49.4 Å². The van der Waals surface area contributed by atoms with E-state index in [1.165, 1.54) is 0 Å². The summed E-state index contributed by atoms with van der Waals surface area (Å²) in [6, 6.07) is 6.10. The predicted octanol–water partition coefficient (Wildman–Crippen LogP) is 2.67. The molecule has 1 aromatic heterocycles. The van der Waals surface area contributed by atoms with Crippen LogP contribution in [-0.2, 0) is 0 Å². The minimum absolute atomic E-state index is 0.0843. The lowest BCUT2D eigenvalue weighted by atomic mass is 9.79. The summed E-state index contributed by atoms with van der Waals surface area (Å²) < 4.78 is 0. The first-order chi connectivity index (χ1) is 8.81. The van der Waals surface area contributed by atoms with Gasteiger partial charge >= 0.3 is 0 Å². The van der Waals surface area contributed by atoms with E-state index in [-0.39, 0.29) is 11.1 Å². The summed E-state index contributed by atoms with van der Waals surface area (Å²) in [6.07, 6.45) is 3.75. The molecular weight excluding hydrogens is 236 g/mol. The van der Waals surface area contributed by atoms with E-state index in [1.807, 2.05) is 0 Å². The van der Waals surface area contributed by atoms with Gasteiger partial charge in [0.1, 0.15) is 11.9 Å². The fourth-order valence-corrected chi connectivity index (χ4v) is 3.23. The molecular formula is C15H22N4. The Kier molecular flexibility index (Phi) is 3.51. The van der Waals surface area contributed by atoms with Crippen molar-refractivity contribution in [1.82, 2.24) is 10.3 Å². The van der Waals surface area contributed by atoms with Crippen LogP contribution in [0.15, 0.2) is 18.3 Å². The Morgan fingerprint density at radius 1 is 1.32 bits per heavy atom. The van der Waals surface area contributed by atoms with Crippen molar-refractivity contribution in [3.05, 3.63) is 23.9 Å². The van der Waals surface area contributed by atoms with Crippen LogP contribution in [0.25, 0.3) is 0 Å². The van der Waals surface area contributed by atoms with Gasteiger partial charge in [0, 0.05) is 23.3 Å². The lowest BCUT2D eigenvalue weighted by Gasteiger charge is -2.46. The first-order valence-corrected chi connectivity index (χ1v) is 6.72. The number of rotatable bonds is 2. The van der Waals surface area contributed by atoms with Crippen LogP contribution in [0.3, 0.4) is 0 Å². The smallest absolute Gasteiger partial charge is 0.144 e. The molecule has 1 saturated heterocycles. The summed E-state index contributed by atoms with van der Waals surface area (Å²) in [6.45, 7) is 8.86. The summed E-state index contributed by atoms with van der Waals surface area (Å²) in [4.78, 5) is 4.29. The SMILES string of the molecule is CC1(C)CC(Nc2ncccc2C#N)CC(C)(C)N1. The predicted molar refractivity (Wildman–Crippen MR) is 76.9 cm³/mol. The summed E-state index contributed by atoms with van der Waals surface area (Å²) in [7, 11) is 0. The third-order valence-corrected chi connectivity index (χ3v) is 3.46. The zero-order chi connectivity index (χ0) is 14.1. The van der Waals surface area contributed by atoms with Crippen molar-refractivity contribution in [2.24, 2.45) is 0 Å². The minimum Gasteiger partial charge on any atom is -0.366 e. The molecule has 4 heteroatoms. The second-order valence-electron chi connectivity index (χ2n) is 6.65. The average molecular weight is 258 g/mol. The van der Waals surface area contributed by atoms with E-state index in [0.717, 1.165) is 12.8 Å². The molecule has 0 unspecified atom stereocenters. The number of nitrogens with zero attached hydrogens (tertiary/aromatic N) is 2. The van der Waals surface area contributed by atoms with Gasteiger partial charge in [-0.05, 0) is 52.7 Å². The summed E-state index contributed by atoms with van der Waals surface area (Å²) in [5.41, 5.74) is 0.777. The van der Waals surface area contributed by atoms with Crippen LogP contribution in [0.2, 0.25) is 0 Å². The van der Waals surface area contributed by atoms with Gasteiger partial charge in [-0.25, -0.2) is 4.98 Å². The molecule has 0 atom stereocenters. The first kappa shape index (κ1) is 13.8. The highest BCUT2D eigenvalue weighted by molar-refractivity contribution is 5.51. The van der Waals surface area contributed by atoms with Crippen LogP contribution in [0.1, 0.15) is 46.1 Å². The molecule has 1 aliphatic heterocycles. The summed E-state index contributed by atoms with van der Waals surface area (Å²) >= 11 is 0. The van der Waals surface area contributed by atoms with E-state index in [0.29, 0.717) is 17.4 Å². The van der Waals surface area contributed by atoms with Crippen LogP contribution in [0, 0.1) is 11.3 Å². The Hall–Kier alpha value is -1.60. The van der Waals surface area contributed by atoms with Gasteiger partial charge in [-0.1, -0.05) is 0 Å². The minimum atomic E-state index is 0.0843. The van der Waals surface area contributed by atoms with Gasteiger partial charge in [-0.15, -0.1) is 0 Å². The fraction of sp³-hybridized carbons (Fsp3) is 0.600. The van der Waals surface area contributed by atoms with Gasteiger partial charge in [0.15, 0.2) is 0 Å². The van der Waals surface area contributed by atoms with Crippen LogP contribution < -0.4 is 10.6 Å². The number of hydrogen-bond donors (Lipinski definition) is 2. The number of anilines is 1. The second kappa shape index (κ2) is 4.82. The third-order valence-electron chi connectivity index (χ3n) is 3.46. The monoisotopic (exact) mass is 258 g/mol. The van der Waals surface area contributed by atoms with Crippen molar-refractivity contribution in [2.45, 2.75) is 57.7 Å². The second-order valence-corrected chi connectivity index (χ2v) is 6.65. The zero-order valence-corrected chi connectivity index (χ0v) is 12.1. The molecule has 19 heavy (non-hydrogen) atoms. The van der Waals surface area contributed by atoms with Gasteiger partial charge in [-0.2, -0.15) is 5.26 Å². The Morgan fingerprint density at radius 2 is 1.95 bits per heavy atom. The lowest BCUT2D eigenvalue weighted by Crippen LogP contribution is -2.60. The topological polar surface area (TPSA) is 60.7 Å². The molecule has 2 N–H and O–H groups in total. The van der Waals surface area contributed by atoms with Crippen LogP contribution in [-0.4, -0.2) is 22.1 Å². The molecule has 4 nitrogen and oxygen atoms in total. The molecule has 1 aromatic rings. The lowest BCUT2D eigenvalue weighted by molar-refractivity contribution is 0.170.